The van der Waals surface area contributed by atoms with E-state index in [0.29, 0.717) is 0 Å². The molecule has 0 radical (unpaired) electrons. The summed E-state index contributed by atoms with van der Waals surface area (Å²) in [6.45, 7) is 4.55. The second-order valence-electron chi connectivity index (χ2n) is 6.34. The van der Waals surface area contributed by atoms with Gasteiger partial charge in [-0.15, -0.1) is 0 Å². The van der Waals surface area contributed by atoms with Gasteiger partial charge in [-0.2, -0.15) is 0 Å². The maximum atomic E-state index is 12.2. The van der Waals surface area contributed by atoms with Crippen molar-refractivity contribution in [3.8, 4) is 0 Å². The Morgan fingerprint density at radius 2 is 1.96 bits per heavy atom. The highest BCUT2D eigenvalue weighted by Gasteiger charge is 2.32. The van der Waals surface area contributed by atoms with Crippen molar-refractivity contribution in [3.05, 3.63) is 70.9 Å². The SMILES string of the molecule is CC(=O)N1CCc2c([nH]c3ccc(C)cc23)C1c1ccccc1. The second kappa shape index (κ2) is 5.27. The van der Waals surface area contributed by atoms with Crippen LogP contribution in [0.25, 0.3) is 10.9 Å². The Labute approximate surface area is 135 Å². The third-order valence-corrected chi connectivity index (χ3v) is 4.80. The van der Waals surface area contributed by atoms with E-state index in [1.807, 2.05) is 23.1 Å². The molecule has 23 heavy (non-hydrogen) atoms. The van der Waals surface area contributed by atoms with Crippen LogP contribution < -0.4 is 0 Å². The predicted molar refractivity (Wildman–Crippen MR) is 92.4 cm³/mol. The van der Waals surface area contributed by atoms with Gasteiger partial charge in [-0.25, -0.2) is 0 Å². The highest BCUT2D eigenvalue weighted by atomic mass is 16.2. The number of fused-ring (bicyclic) bond motifs is 3. The van der Waals surface area contributed by atoms with Crippen molar-refractivity contribution in [2.75, 3.05) is 6.54 Å². The Hall–Kier alpha value is -2.55. The summed E-state index contributed by atoms with van der Waals surface area (Å²) in [5.74, 6) is 0.124. The van der Waals surface area contributed by atoms with Gasteiger partial charge in [0.25, 0.3) is 0 Å². The highest BCUT2D eigenvalue weighted by Crippen LogP contribution is 2.38. The minimum Gasteiger partial charge on any atom is -0.356 e. The maximum absolute atomic E-state index is 12.2. The predicted octanol–water partition coefficient (Wildman–Crippen LogP) is 3.97. The van der Waals surface area contributed by atoms with Crippen molar-refractivity contribution in [1.82, 2.24) is 9.88 Å². The van der Waals surface area contributed by atoms with Crippen molar-refractivity contribution in [3.63, 3.8) is 0 Å². The van der Waals surface area contributed by atoms with E-state index in [0.717, 1.165) is 24.0 Å². The summed E-state index contributed by atoms with van der Waals surface area (Å²) in [6, 6.07) is 16.8. The Kier molecular flexibility index (Phi) is 3.22. The summed E-state index contributed by atoms with van der Waals surface area (Å²) in [6.07, 6.45) is 0.904. The smallest absolute Gasteiger partial charge is 0.220 e. The van der Waals surface area contributed by atoms with Crippen molar-refractivity contribution in [2.24, 2.45) is 0 Å². The first kappa shape index (κ1) is 14.1. The normalized spacial score (nSPS) is 17.3. The Morgan fingerprint density at radius 1 is 1.17 bits per heavy atom. The van der Waals surface area contributed by atoms with Crippen LogP contribution in [0.2, 0.25) is 0 Å². The number of hydrogen-bond acceptors (Lipinski definition) is 1. The molecule has 3 nitrogen and oxygen atoms in total. The molecule has 0 spiro atoms. The summed E-state index contributed by atoms with van der Waals surface area (Å²) in [5.41, 5.74) is 6.11. The molecule has 2 heterocycles. The zero-order valence-electron chi connectivity index (χ0n) is 13.5. The van der Waals surface area contributed by atoms with E-state index in [4.69, 9.17) is 0 Å². The van der Waals surface area contributed by atoms with E-state index in [-0.39, 0.29) is 11.9 Å². The molecule has 0 bridgehead atoms. The highest BCUT2D eigenvalue weighted by molar-refractivity contribution is 5.87. The van der Waals surface area contributed by atoms with Crippen LogP contribution in [0.5, 0.6) is 0 Å². The first-order chi connectivity index (χ1) is 11.1. The van der Waals surface area contributed by atoms with Crippen LogP contribution in [0.4, 0.5) is 0 Å². The maximum Gasteiger partial charge on any atom is 0.220 e. The van der Waals surface area contributed by atoms with E-state index in [9.17, 15) is 4.79 Å². The van der Waals surface area contributed by atoms with E-state index in [1.54, 1.807) is 6.92 Å². The average Bonchev–Trinajstić information content (AvgIpc) is 2.92. The molecule has 0 aliphatic carbocycles. The molecule has 1 N–H and O–H groups in total. The zero-order valence-corrected chi connectivity index (χ0v) is 13.5. The molecule has 0 saturated carbocycles. The number of aryl methyl sites for hydroxylation is 1. The number of carbonyl (C=O) groups is 1. The summed E-state index contributed by atoms with van der Waals surface area (Å²) in [7, 11) is 0. The number of carbonyl (C=O) groups excluding carboxylic acids is 1. The number of amides is 1. The summed E-state index contributed by atoms with van der Waals surface area (Å²) >= 11 is 0. The first-order valence-electron chi connectivity index (χ1n) is 8.08. The molecule has 1 unspecified atom stereocenters. The van der Waals surface area contributed by atoms with Crippen LogP contribution in [-0.4, -0.2) is 22.3 Å². The molecule has 1 aliphatic heterocycles. The zero-order chi connectivity index (χ0) is 16.0. The Bertz CT molecular complexity index is 879. The number of nitrogens with zero attached hydrogens (tertiary/aromatic N) is 1. The lowest BCUT2D eigenvalue weighted by Crippen LogP contribution is -2.39. The Morgan fingerprint density at radius 3 is 2.70 bits per heavy atom. The van der Waals surface area contributed by atoms with E-state index < -0.39 is 0 Å². The largest absolute Gasteiger partial charge is 0.356 e. The van der Waals surface area contributed by atoms with Crippen molar-refractivity contribution < 1.29 is 4.79 Å². The molecule has 2 aromatic carbocycles. The molecule has 1 aromatic heterocycles. The molecule has 1 aliphatic rings. The minimum atomic E-state index is -0.0230. The van der Waals surface area contributed by atoms with Crippen LogP contribution in [0, 0.1) is 6.92 Å². The number of aromatic amines is 1. The van der Waals surface area contributed by atoms with Crippen LogP contribution in [0.15, 0.2) is 48.5 Å². The molecule has 3 heteroatoms. The summed E-state index contributed by atoms with van der Waals surface area (Å²) in [4.78, 5) is 17.7. The van der Waals surface area contributed by atoms with Gasteiger partial charge in [0, 0.05) is 30.1 Å². The topological polar surface area (TPSA) is 36.1 Å². The molecule has 3 aromatic rings. The van der Waals surface area contributed by atoms with Gasteiger partial charge in [0.1, 0.15) is 0 Å². The van der Waals surface area contributed by atoms with Gasteiger partial charge >= 0.3 is 0 Å². The monoisotopic (exact) mass is 304 g/mol. The average molecular weight is 304 g/mol. The fourth-order valence-corrected chi connectivity index (χ4v) is 3.72. The second-order valence-corrected chi connectivity index (χ2v) is 6.34. The number of hydrogen-bond donors (Lipinski definition) is 1. The van der Waals surface area contributed by atoms with Gasteiger partial charge in [0.05, 0.1) is 6.04 Å². The van der Waals surface area contributed by atoms with Gasteiger partial charge in [0.2, 0.25) is 5.91 Å². The molecule has 1 amide bonds. The number of nitrogens with one attached hydrogen (secondary N) is 1. The molecule has 116 valence electrons. The fraction of sp³-hybridized carbons (Fsp3) is 0.250. The standard InChI is InChI=1S/C20H20N2O/c1-13-8-9-18-17(12-13)16-10-11-22(14(2)23)20(19(16)21-18)15-6-4-3-5-7-15/h3-9,12,20-21H,10-11H2,1-2H3. The van der Waals surface area contributed by atoms with Gasteiger partial charge < -0.3 is 9.88 Å². The van der Waals surface area contributed by atoms with Crippen LogP contribution in [0.1, 0.15) is 35.3 Å². The van der Waals surface area contributed by atoms with Gasteiger partial charge in [-0.1, -0.05) is 42.0 Å². The molecule has 0 fully saturated rings. The van der Waals surface area contributed by atoms with Crippen molar-refractivity contribution >= 4 is 16.8 Å². The van der Waals surface area contributed by atoms with Crippen LogP contribution >= 0.6 is 0 Å². The Balaban J connectivity index is 1.95. The summed E-state index contributed by atoms with van der Waals surface area (Å²) in [5, 5.41) is 1.30. The number of aromatic nitrogens is 1. The van der Waals surface area contributed by atoms with Gasteiger partial charge in [-0.05, 0) is 36.6 Å². The van der Waals surface area contributed by atoms with Crippen molar-refractivity contribution in [2.45, 2.75) is 26.3 Å². The van der Waals surface area contributed by atoms with Crippen molar-refractivity contribution in [1.29, 1.82) is 0 Å². The molecular formula is C20H20N2O. The van der Waals surface area contributed by atoms with E-state index >= 15 is 0 Å². The number of rotatable bonds is 1. The van der Waals surface area contributed by atoms with Crippen LogP contribution in [0.3, 0.4) is 0 Å². The number of H-pyrrole nitrogens is 1. The minimum absolute atomic E-state index is 0.0230. The lowest BCUT2D eigenvalue weighted by molar-refractivity contribution is -0.130. The van der Waals surface area contributed by atoms with Gasteiger partial charge in [0.15, 0.2) is 0 Å². The van der Waals surface area contributed by atoms with Gasteiger partial charge in [-0.3, -0.25) is 4.79 Å². The number of benzene rings is 2. The molecular weight excluding hydrogens is 284 g/mol. The summed E-state index contributed by atoms with van der Waals surface area (Å²) < 4.78 is 0. The third kappa shape index (κ3) is 2.24. The van der Waals surface area contributed by atoms with E-state index in [2.05, 4.69) is 42.2 Å². The third-order valence-electron chi connectivity index (χ3n) is 4.80. The van der Waals surface area contributed by atoms with Crippen LogP contribution in [-0.2, 0) is 11.2 Å². The molecule has 4 rings (SSSR count). The molecule has 0 saturated heterocycles. The fourth-order valence-electron chi connectivity index (χ4n) is 3.72. The molecule has 1 atom stereocenters. The lowest BCUT2D eigenvalue weighted by atomic mass is 9.92. The first-order valence-corrected chi connectivity index (χ1v) is 8.08. The quantitative estimate of drug-likeness (QED) is 0.725. The lowest BCUT2D eigenvalue weighted by Gasteiger charge is -2.35. The van der Waals surface area contributed by atoms with E-state index in [1.165, 1.54) is 22.2 Å².